The normalized spacial score (nSPS) is 23.4. The second kappa shape index (κ2) is 11.8. The minimum absolute atomic E-state index is 0. The Morgan fingerprint density at radius 1 is 1.31 bits per heavy atom. The predicted octanol–water partition coefficient (Wildman–Crippen LogP) is 2.37. The molecule has 26 heavy (non-hydrogen) atoms. The quantitative estimate of drug-likeness (QED) is 0.791. The highest BCUT2D eigenvalue weighted by molar-refractivity contribution is 5.85. The SMILES string of the molecule is CC1CCCN(Cc2ccccc2CNC(=O)C2COCCN2)C1.Cl.Cl. The van der Waals surface area contributed by atoms with Crippen LogP contribution in [0.15, 0.2) is 24.3 Å². The molecule has 0 aliphatic carbocycles. The number of nitrogens with one attached hydrogen (secondary N) is 2. The zero-order valence-corrected chi connectivity index (χ0v) is 17.0. The predicted molar refractivity (Wildman–Crippen MR) is 109 cm³/mol. The first-order valence-corrected chi connectivity index (χ1v) is 9.10. The minimum atomic E-state index is -0.228. The van der Waals surface area contributed by atoms with Gasteiger partial charge in [-0.05, 0) is 36.4 Å². The van der Waals surface area contributed by atoms with E-state index < -0.39 is 0 Å². The first-order chi connectivity index (χ1) is 11.7. The van der Waals surface area contributed by atoms with E-state index >= 15 is 0 Å². The summed E-state index contributed by atoms with van der Waals surface area (Å²) in [6.45, 7) is 8.11. The number of ether oxygens (including phenoxy) is 1. The fourth-order valence-electron chi connectivity index (χ4n) is 3.59. The number of hydrogen-bond acceptors (Lipinski definition) is 4. The molecule has 2 saturated heterocycles. The second-order valence-corrected chi connectivity index (χ2v) is 7.05. The van der Waals surface area contributed by atoms with Crippen LogP contribution in [-0.4, -0.2) is 49.7 Å². The maximum atomic E-state index is 12.3. The molecule has 3 rings (SSSR count). The molecule has 2 atom stereocenters. The fraction of sp³-hybridized carbons (Fsp3) is 0.632. The van der Waals surface area contributed by atoms with Crippen molar-refractivity contribution in [2.24, 2.45) is 5.92 Å². The third kappa shape index (κ3) is 6.71. The zero-order valence-electron chi connectivity index (χ0n) is 15.4. The molecule has 0 radical (unpaired) electrons. The smallest absolute Gasteiger partial charge is 0.239 e. The van der Waals surface area contributed by atoms with Crippen LogP contribution in [0.2, 0.25) is 0 Å². The van der Waals surface area contributed by atoms with Crippen LogP contribution in [0.25, 0.3) is 0 Å². The highest BCUT2D eigenvalue weighted by Gasteiger charge is 2.21. The van der Waals surface area contributed by atoms with Gasteiger partial charge in [0.1, 0.15) is 6.04 Å². The lowest BCUT2D eigenvalue weighted by molar-refractivity contribution is -0.126. The molecule has 0 saturated carbocycles. The van der Waals surface area contributed by atoms with E-state index in [0.717, 1.165) is 19.0 Å². The number of amides is 1. The van der Waals surface area contributed by atoms with Crippen molar-refractivity contribution < 1.29 is 9.53 Å². The molecule has 2 N–H and O–H groups in total. The lowest BCUT2D eigenvalue weighted by atomic mass is 9.99. The molecule has 148 valence electrons. The van der Waals surface area contributed by atoms with Gasteiger partial charge in [0.15, 0.2) is 0 Å². The number of benzene rings is 1. The average molecular weight is 404 g/mol. The first kappa shape index (κ1) is 23.2. The van der Waals surface area contributed by atoms with Crippen LogP contribution in [0.3, 0.4) is 0 Å². The molecule has 2 aliphatic heterocycles. The summed E-state index contributed by atoms with van der Waals surface area (Å²) in [4.78, 5) is 14.8. The number of nitrogens with zero attached hydrogens (tertiary/aromatic N) is 1. The summed E-state index contributed by atoms with van der Waals surface area (Å²) in [6.07, 6.45) is 2.62. The maximum absolute atomic E-state index is 12.3. The topological polar surface area (TPSA) is 53.6 Å². The van der Waals surface area contributed by atoms with E-state index in [-0.39, 0.29) is 36.8 Å². The molecule has 0 aromatic heterocycles. The van der Waals surface area contributed by atoms with Gasteiger partial charge < -0.3 is 15.4 Å². The van der Waals surface area contributed by atoms with Gasteiger partial charge >= 0.3 is 0 Å². The molecule has 0 spiro atoms. The third-order valence-corrected chi connectivity index (χ3v) is 4.94. The highest BCUT2D eigenvalue weighted by atomic mass is 35.5. The largest absolute Gasteiger partial charge is 0.378 e. The molecule has 7 heteroatoms. The number of morpholine rings is 1. The maximum Gasteiger partial charge on any atom is 0.239 e. The number of halogens is 2. The summed E-state index contributed by atoms with van der Waals surface area (Å²) in [7, 11) is 0. The Morgan fingerprint density at radius 3 is 2.77 bits per heavy atom. The summed E-state index contributed by atoms with van der Waals surface area (Å²) >= 11 is 0. The Bertz CT molecular complexity index is 553. The van der Waals surface area contributed by atoms with Gasteiger partial charge in [-0.15, -0.1) is 24.8 Å². The molecule has 2 heterocycles. The number of carbonyl (C=O) groups is 1. The summed E-state index contributed by atoms with van der Waals surface area (Å²) in [6, 6.07) is 8.21. The van der Waals surface area contributed by atoms with Gasteiger partial charge in [0, 0.05) is 26.2 Å². The molecule has 1 amide bonds. The molecular formula is C19H31Cl2N3O2. The lowest BCUT2D eigenvalue weighted by Gasteiger charge is -2.31. The van der Waals surface area contributed by atoms with Crippen LogP contribution >= 0.6 is 24.8 Å². The van der Waals surface area contributed by atoms with E-state index in [1.54, 1.807) is 0 Å². The van der Waals surface area contributed by atoms with Gasteiger partial charge in [0.05, 0.1) is 13.2 Å². The zero-order chi connectivity index (χ0) is 16.8. The Kier molecular flexibility index (Phi) is 10.5. The minimum Gasteiger partial charge on any atom is -0.378 e. The van der Waals surface area contributed by atoms with Crippen LogP contribution in [0.4, 0.5) is 0 Å². The van der Waals surface area contributed by atoms with Crippen LogP contribution in [0.1, 0.15) is 30.9 Å². The van der Waals surface area contributed by atoms with Gasteiger partial charge in [-0.2, -0.15) is 0 Å². The van der Waals surface area contributed by atoms with Crippen molar-refractivity contribution in [3.63, 3.8) is 0 Å². The van der Waals surface area contributed by atoms with E-state index in [1.165, 1.54) is 37.1 Å². The van der Waals surface area contributed by atoms with E-state index in [9.17, 15) is 4.79 Å². The van der Waals surface area contributed by atoms with Crippen molar-refractivity contribution in [2.45, 2.75) is 38.9 Å². The molecule has 2 unspecified atom stereocenters. The second-order valence-electron chi connectivity index (χ2n) is 7.05. The van der Waals surface area contributed by atoms with Crippen molar-refractivity contribution in [2.75, 3.05) is 32.8 Å². The fourth-order valence-corrected chi connectivity index (χ4v) is 3.59. The molecule has 1 aromatic carbocycles. The van der Waals surface area contributed by atoms with Gasteiger partial charge in [-0.3, -0.25) is 9.69 Å². The Labute approximate surface area is 169 Å². The standard InChI is InChI=1S/C19H29N3O2.2ClH/c1-15-5-4-9-22(12-15)13-17-7-3-2-6-16(17)11-21-19(23)18-14-24-10-8-20-18;;/h2-3,6-7,15,18,20H,4-5,8-14H2,1H3,(H,21,23);2*1H. The molecule has 2 fully saturated rings. The monoisotopic (exact) mass is 403 g/mol. The van der Waals surface area contributed by atoms with E-state index in [2.05, 4.69) is 40.7 Å². The van der Waals surface area contributed by atoms with Crippen LogP contribution in [-0.2, 0) is 22.6 Å². The first-order valence-electron chi connectivity index (χ1n) is 9.10. The number of likely N-dealkylation sites (tertiary alicyclic amines) is 1. The van der Waals surface area contributed by atoms with Gasteiger partial charge in [-0.25, -0.2) is 0 Å². The van der Waals surface area contributed by atoms with Crippen LogP contribution in [0, 0.1) is 5.92 Å². The average Bonchev–Trinajstić information content (AvgIpc) is 2.61. The van der Waals surface area contributed by atoms with Gasteiger partial charge in [0.2, 0.25) is 5.91 Å². The van der Waals surface area contributed by atoms with Crippen molar-refractivity contribution in [3.05, 3.63) is 35.4 Å². The molecule has 0 bridgehead atoms. The molecule has 2 aliphatic rings. The number of rotatable bonds is 5. The molecule has 5 nitrogen and oxygen atoms in total. The summed E-state index contributed by atoms with van der Waals surface area (Å²) in [5.74, 6) is 0.805. The van der Waals surface area contributed by atoms with Gasteiger partial charge in [0.25, 0.3) is 0 Å². The Balaban J connectivity index is 0.00000169. The van der Waals surface area contributed by atoms with Crippen LogP contribution < -0.4 is 10.6 Å². The van der Waals surface area contributed by atoms with E-state index in [4.69, 9.17) is 4.74 Å². The Hall–Kier alpha value is -0.850. The number of piperidine rings is 1. The van der Waals surface area contributed by atoms with Gasteiger partial charge in [-0.1, -0.05) is 31.2 Å². The summed E-state index contributed by atoms with van der Waals surface area (Å²) in [5.41, 5.74) is 2.53. The van der Waals surface area contributed by atoms with Crippen molar-refractivity contribution in [1.29, 1.82) is 0 Å². The third-order valence-electron chi connectivity index (χ3n) is 4.94. The highest BCUT2D eigenvalue weighted by Crippen LogP contribution is 2.19. The van der Waals surface area contributed by atoms with Crippen molar-refractivity contribution in [3.8, 4) is 0 Å². The van der Waals surface area contributed by atoms with E-state index in [1.807, 2.05) is 6.07 Å². The Morgan fingerprint density at radius 2 is 2.08 bits per heavy atom. The molecular weight excluding hydrogens is 373 g/mol. The summed E-state index contributed by atoms with van der Waals surface area (Å²) in [5, 5.41) is 6.25. The lowest BCUT2D eigenvalue weighted by Crippen LogP contribution is -2.51. The summed E-state index contributed by atoms with van der Waals surface area (Å²) < 4.78 is 5.36. The number of carbonyl (C=O) groups excluding carboxylic acids is 1. The van der Waals surface area contributed by atoms with Crippen LogP contribution in [0.5, 0.6) is 0 Å². The van der Waals surface area contributed by atoms with E-state index in [0.29, 0.717) is 19.8 Å². The van der Waals surface area contributed by atoms with Crippen molar-refractivity contribution in [1.82, 2.24) is 15.5 Å². The number of hydrogen-bond donors (Lipinski definition) is 2. The van der Waals surface area contributed by atoms with Crippen molar-refractivity contribution >= 4 is 30.7 Å². The molecule has 1 aromatic rings.